The van der Waals surface area contributed by atoms with Crippen LogP contribution in [0.5, 0.6) is 5.75 Å². The number of nitrogens with zero attached hydrogens (tertiary/aromatic N) is 6. The second-order valence-electron chi connectivity index (χ2n) is 12.0. The Balaban J connectivity index is 1.17. The summed E-state index contributed by atoms with van der Waals surface area (Å²) in [5.41, 5.74) is 5.11. The molecule has 0 atom stereocenters. The monoisotopic (exact) mass is 640 g/mol. The van der Waals surface area contributed by atoms with Gasteiger partial charge in [-0.3, -0.25) is 9.21 Å². The number of aryl methyl sites for hydroxylation is 1. The van der Waals surface area contributed by atoms with E-state index in [9.17, 15) is 8.42 Å². The van der Waals surface area contributed by atoms with Crippen LogP contribution in [0.2, 0.25) is 5.02 Å². The maximum atomic E-state index is 12.5. The number of hydrogen-bond acceptors (Lipinski definition) is 10. The normalized spacial score (nSPS) is 18.4. The van der Waals surface area contributed by atoms with Crippen LogP contribution >= 0.6 is 11.6 Å². The summed E-state index contributed by atoms with van der Waals surface area (Å²) >= 11 is 6.52. The van der Waals surface area contributed by atoms with Crippen LogP contribution in [0.4, 0.5) is 34.5 Å². The fourth-order valence-electron chi connectivity index (χ4n) is 6.52. The predicted molar refractivity (Wildman–Crippen MR) is 178 cm³/mol. The van der Waals surface area contributed by atoms with Gasteiger partial charge in [-0.25, -0.2) is 13.4 Å². The highest BCUT2D eigenvalue weighted by Gasteiger charge is 2.30. The van der Waals surface area contributed by atoms with Gasteiger partial charge in [0.2, 0.25) is 16.0 Å². The largest absolute Gasteiger partial charge is 0.494 e. The average molecular weight is 641 g/mol. The number of halogens is 1. The van der Waals surface area contributed by atoms with Crippen molar-refractivity contribution in [3.05, 3.63) is 52.7 Å². The van der Waals surface area contributed by atoms with Crippen molar-refractivity contribution in [3.8, 4) is 5.75 Å². The molecule has 2 saturated heterocycles. The Morgan fingerprint density at radius 2 is 1.73 bits per heavy atom. The van der Waals surface area contributed by atoms with Gasteiger partial charge < -0.3 is 25.2 Å². The van der Waals surface area contributed by atoms with Crippen molar-refractivity contribution in [3.63, 3.8) is 0 Å². The van der Waals surface area contributed by atoms with Gasteiger partial charge in [0.1, 0.15) is 10.8 Å². The first-order valence-electron chi connectivity index (χ1n) is 15.1. The molecule has 0 unspecified atom stereocenters. The van der Waals surface area contributed by atoms with Crippen molar-refractivity contribution in [2.24, 2.45) is 0 Å². The molecule has 3 aromatic rings. The number of fused-ring (bicyclic) bond motifs is 1. The number of nitrogens with one attached hydrogen (secondary N) is 2. The number of benzene rings is 2. The summed E-state index contributed by atoms with van der Waals surface area (Å²) in [4.78, 5) is 16.5. The minimum Gasteiger partial charge on any atom is -0.494 e. The molecule has 3 aliphatic heterocycles. The first-order valence-corrected chi connectivity index (χ1v) is 17.3. The van der Waals surface area contributed by atoms with E-state index in [4.69, 9.17) is 16.3 Å². The quantitative estimate of drug-likeness (QED) is 0.366. The third-order valence-corrected chi connectivity index (χ3v) is 10.3. The average Bonchev–Trinajstić information content (AvgIpc) is 3.44. The lowest BCUT2D eigenvalue weighted by atomic mass is 10.0. The van der Waals surface area contributed by atoms with Crippen LogP contribution in [-0.4, -0.2) is 100 Å². The second kappa shape index (κ2) is 12.6. The third-order valence-electron chi connectivity index (χ3n) is 8.88. The van der Waals surface area contributed by atoms with Crippen LogP contribution in [0.15, 0.2) is 36.5 Å². The number of aromatic nitrogens is 2. The van der Waals surface area contributed by atoms with Crippen LogP contribution < -0.4 is 24.6 Å². The van der Waals surface area contributed by atoms with Crippen molar-refractivity contribution < 1.29 is 13.2 Å². The van der Waals surface area contributed by atoms with Gasteiger partial charge in [0, 0.05) is 63.6 Å². The highest BCUT2D eigenvalue weighted by molar-refractivity contribution is 7.92. The lowest BCUT2D eigenvalue weighted by Gasteiger charge is -2.42. The highest BCUT2D eigenvalue weighted by atomic mass is 35.5. The number of rotatable bonds is 8. The summed E-state index contributed by atoms with van der Waals surface area (Å²) in [6.45, 7) is 9.03. The predicted octanol–water partition coefficient (Wildman–Crippen LogP) is 4.47. The number of methoxy groups -OCH3 is 1. The Hall–Kier alpha value is -3.32. The Labute approximate surface area is 265 Å². The number of ether oxygens (including phenoxy) is 1. The van der Waals surface area contributed by atoms with Gasteiger partial charge in [0.25, 0.3) is 0 Å². The van der Waals surface area contributed by atoms with E-state index in [-0.39, 0.29) is 0 Å². The van der Waals surface area contributed by atoms with Crippen LogP contribution in [0.1, 0.15) is 24.0 Å². The molecular weight excluding hydrogens is 600 g/mol. The molecule has 236 valence electrons. The van der Waals surface area contributed by atoms with Crippen molar-refractivity contribution >= 4 is 56.1 Å². The van der Waals surface area contributed by atoms with Crippen LogP contribution in [0.3, 0.4) is 0 Å². The Morgan fingerprint density at radius 1 is 0.977 bits per heavy atom. The van der Waals surface area contributed by atoms with Crippen molar-refractivity contribution in [1.29, 1.82) is 0 Å². The van der Waals surface area contributed by atoms with E-state index in [1.165, 1.54) is 16.8 Å². The number of piperazine rings is 1. The van der Waals surface area contributed by atoms with Gasteiger partial charge in [-0.15, -0.1) is 0 Å². The van der Waals surface area contributed by atoms with Crippen molar-refractivity contribution in [2.45, 2.75) is 32.2 Å². The molecule has 13 heteroatoms. The molecule has 0 spiro atoms. The Morgan fingerprint density at radius 3 is 2.43 bits per heavy atom. The molecule has 44 heavy (non-hydrogen) atoms. The van der Waals surface area contributed by atoms with Gasteiger partial charge in [-0.1, -0.05) is 17.7 Å². The van der Waals surface area contributed by atoms with E-state index < -0.39 is 10.0 Å². The minimum absolute atomic E-state index is 0.317. The lowest BCUT2D eigenvalue weighted by Crippen LogP contribution is -2.52. The third kappa shape index (κ3) is 6.53. The summed E-state index contributed by atoms with van der Waals surface area (Å²) in [6.07, 6.45) is 5.71. The smallest absolute Gasteiger partial charge is 0.232 e. The molecule has 0 saturated carbocycles. The van der Waals surface area contributed by atoms with Crippen molar-refractivity contribution in [2.75, 3.05) is 86.1 Å². The SMILES string of the molecule is COc1cc(N2CCC(N3CCN(C)CC3)CC2)ccc1Nc1ncc(Cl)c(Nc2cc(C)cc3c2N(S(C)(=O)=O)CC3)n1. The van der Waals surface area contributed by atoms with Crippen LogP contribution in [0.25, 0.3) is 0 Å². The second-order valence-corrected chi connectivity index (χ2v) is 14.3. The summed E-state index contributed by atoms with van der Waals surface area (Å²) in [7, 11) is 0.422. The van der Waals surface area contributed by atoms with E-state index in [2.05, 4.69) is 54.5 Å². The Bertz CT molecular complexity index is 1620. The number of piperidine rings is 1. The summed E-state index contributed by atoms with van der Waals surface area (Å²) in [5, 5.41) is 6.87. The fourth-order valence-corrected chi connectivity index (χ4v) is 7.63. The first kappa shape index (κ1) is 30.7. The summed E-state index contributed by atoms with van der Waals surface area (Å²) in [6, 6.07) is 10.7. The topological polar surface area (TPSA) is 106 Å². The molecule has 4 heterocycles. The summed E-state index contributed by atoms with van der Waals surface area (Å²) < 4.78 is 32.2. The molecule has 3 aliphatic rings. The molecule has 0 aliphatic carbocycles. The van der Waals surface area contributed by atoms with E-state index in [1.807, 2.05) is 25.1 Å². The van der Waals surface area contributed by atoms with Gasteiger partial charge in [-0.05, 0) is 62.6 Å². The summed E-state index contributed by atoms with van der Waals surface area (Å²) in [5.74, 6) is 1.40. The van der Waals surface area contributed by atoms with E-state index in [0.29, 0.717) is 52.9 Å². The fraction of sp³-hybridized carbons (Fsp3) is 0.484. The molecule has 0 bridgehead atoms. The van der Waals surface area contributed by atoms with Crippen molar-refractivity contribution in [1.82, 2.24) is 19.8 Å². The molecule has 1 aromatic heterocycles. The highest BCUT2D eigenvalue weighted by Crippen LogP contribution is 2.40. The number of anilines is 6. The van der Waals surface area contributed by atoms with Gasteiger partial charge in [-0.2, -0.15) is 4.98 Å². The number of likely N-dealkylation sites (N-methyl/N-ethyl adjacent to an activating group) is 1. The van der Waals surface area contributed by atoms with Gasteiger partial charge in [0.15, 0.2) is 5.82 Å². The first-order chi connectivity index (χ1) is 21.1. The zero-order chi connectivity index (χ0) is 31.0. The maximum absolute atomic E-state index is 12.5. The maximum Gasteiger partial charge on any atom is 0.232 e. The molecule has 6 rings (SSSR count). The van der Waals surface area contributed by atoms with Crippen LogP contribution in [-0.2, 0) is 16.4 Å². The molecule has 0 radical (unpaired) electrons. The molecular formula is C31H41ClN8O3S. The van der Waals surface area contributed by atoms with E-state index in [0.717, 1.165) is 74.6 Å². The van der Waals surface area contributed by atoms with Crippen LogP contribution in [0, 0.1) is 6.92 Å². The van der Waals surface area contributed by atoms with Gasteiger partial charge >= 0.3 is 0 Å². The van der Waals surface area contributed by atoms with Gasteiger partial charge in [0.05, 0.1) is 36.6 Å². The molecule has 11 nitrogen and oxygen atoms in total. The lowest BCUT2D eigenvalue weighted by molar-refractivity contribution is 0.0982. The number of sulfonamides is 1. The minimum atomic E-state index is -3.44. The zero-order valence-electron chi connectivity index (χ0n) is 25.8. The number of hydrogen-bond donors (Lipinski definition) is 2. The zero-order valence-corrected chi connectivity index (χ0v) is 27.4. The Kier molecular flexibility index (Phi) is 8.78. The molecule has 0 amide bonds. The molecule has 2 fully saturated rings. The van der Waals surface area contributed by atoms with E-state index in [1.54, 1.807) is 7.11 Å². The van der Waals surface area contributed by atoms with E-state index >= 15 is 0 Å². The molecule has 2 N–H and O–H groups in total. The molecule has 2 aromatic carbocycles. The standard InChI is InChI=1S/C31H41ClN8O3S/c1-21-17-22-7-12-40(44(4,41)42)29(22)27(18-21)34-30-25(32)20-33-31(36-30)35-26-6-5-24(19-28(26)43-3)38-10-8-23(9-11-38)39-15-13-37(2)14-16-39/h5-6,17-20,23H,7-16H2,1-4H3,(H2,33,34,35,36).